The molecule has 1 aromatic heterocycles. The van der Waals surface area contributed by atoms with Crippen LogP contribution in [0.15, 0.2) is 23.4 Å². The molecule has 0 radical (unpaired) electrons. The van der Waals surface area contributed by atoms with Gasteiger partial charge in [0.15, 0.2) is 5.82 Å². The standard InChI is InChI=1S/C12H16FN3O2S/c13-11-2-1-6-14-12(11)19(17,18)16-7-5-9-3-4-10(8-16)15-9/h1-2,6,9-10,15H,3-5,7-8H2. The Balaban J connectivity index is 1.90. The zero-order valence-electron chi connectivity index (χ0n) is 10.4. The molecule has 0 aromatic carbocycles. The van der Waals surface area contributed by atoms with Crippen molar-refractivity contribution in [3.63, 3.8) is 0 Å². The fourth-order valence-electron chi connectivity index (χ4n) is 2.81. The van der Waals surface area contributed by atoms with Crippen molar-refractivity contribution in [1.82, 2.24) is 14.6 Å². The van der Waals surface area contributed by atoms with Crippen LogP contribution in [-0.4, -0.2) is 42.9 Å². The summed E-state index contributed by atoms with van der Waals surface area (Å²) in [6.45, 7) is 0.821. The number of pyridine rings is 1. The largest absolute Gasteiger partial charge is 0.310 e. The third-order valence-corrected chi connectivity index (χ3v) is 5.60. The van der Waals surface area contributed by atoms with Crippen LogP contribution in [0.1, 0.15) is 19.3 Å². The Bertz CT molecular complexity index is 578. The van der Waals surface area contributed by atoms with Gasteiger partial charge in [-0.05, 0) is 31.4 Å². The molecule has 1 N–H and O–H groups in total. The Morgan fingerprint density at radius 2 is 2.11 bits per heavy atom. The molecule has 3 heterocycles. The SMILES string of the molecule is O=S(=O)(c1ncccc1F)N1CCC2CCC(C1)N2. The molecule has 2 saturated heterocycles. The molecule has 0 amide bonds. The van der Waals surface area contributed by atoms with Gasteiger partial charge in [0.25, 0.3) is 10.0 Å². The maximum atomic E-state index is 13.6. The first kappa shape index (κ1) is 13.0. The van der Waals surface area contributed by atoms with E-state index in [1.54, 1.807) is 0 Å². The maximum Gasteiger partial charge on any atom is 0.263 e. The molecular formula is C12H16FN3O2S. The lowest BCUT2D eigenvalue weighted by molar-refractivity contribution is 0.379. The second-order valence-electron chi connectivity index (χ2n) is 5.08. The van der Waals surface area contributed by atoms with Gasteiger partial charge in [0.2, 0.25) is 5.03 Å². The number of rotatable bonds is 2. The summed E-state index contributed by atoms with van der Waals surface area (Å²) in [5.41, 5.74) is 0. The molecule has 3 rings (SSSR count). The van der Waals surface area contributed by atoms with E-state index in [-0.39, 0.29) is 6.04 Å². The lowest BCUT2D eigenvalue weighted by Crippen LogP contribution is -2.39. The summed E-state index contributed by atoms with van der Waals surface area (Å²) in [5.74, 6) is -0.787. The molecular weight excluding hydrogens is 269 g/mol. The van der Waals surface area contributed by atoms with Crippen LogP contribution < -0.4 is 5.32 Å². The average Bonchev–Trinajstić information content (AvgIpc) is 2.68. The van der Waals surface area contributed by atoms with Gasteiger partial charge < -0.3 is 5.32 Å². The minimum Gasteiger partial charge on any atom is -0.310 e. The molecule has 2 aliphatic rings. The summed E-state index contributed by atoms with van der Waals surface area (Å²) in [6.07, 6.45) is 4.14. The van der Waals surface area contributed by atoms with E-state index >= 15 is 0 Å². The Labute approximate surface area is 111 Å². The summed E-state index contributed by atoms with van der Waals surface area (Å²) in [6, 6.07) is 3.08. The van der Waals surface area contributed by atoms with E-state index in [4.69, 9.17) is 0 Å². The number of halogens is 1. The Kier molecular flexibility index (Phi) is 3.28. The Morgan fingerprint density at radius 3 is 2.89 bits per heavy atom. The summed E-state index contributed by atoms with van der Waals surface area (Å²) in [5, 5.41) is 2.94. The number of nitrogens with zero attached hydrogens (tertiary/aromatic N) is 2. The van der Waals surface area contributed by atoms with Crippen molar-refractivity contribution in [2.75, 3.05) is 13.1 Å². The van der Waals surface area contributed by atoms with Gasteiger partial charge in [-0.15, -0.1) is 0 Å². The maximum absolute atomic E-state index is 13.6. The highest BCUT2D eigenvalue weighted by Gasteiger charge is 2.36. The van der Waals surface area contributed by atoms with Crippen molar-refractivity contribution in [3.8, 4) is 0 Å². The van der Waals surface area contributed by atoms with Crippen LogP contribution in [0, 0.1) is 5.82 Å². The Hall–Kier alpha value is -1.05. The van der Waals surface area contributed by atoms with E-state index in [1.165, 1.54) is 16.6 Å². The van der Waals surface area contributed by atoms with Crippen LogP contribution in [0.5, 0.6) is 0 Å². The molecule has 104 valence electrons. The van der Waals surface area contributed by atoms with E-state index in [0.29, 0.717) is 19.1 Å². The minimum atomic E-state index is -3.83. The molecule has 2 fully saturated rings. The van der Waals surface area contributed by atoms with Crippen molar-refractivity contribution in [2.45, 2.75) is 36.4 Å². The van der Waals surface area contributed by atoms with Gasteiger partial charge in [-0.25, -0.2) is 17.8 Å². The lowest BCUT2D eigenvalue weighted by Gasteiger charge is -2.23. The highest BCUT2D eigenvalue weighted by Crippen LogP contribution is 2.25. The molecule has 19 heavy (non-hydrogen) atoms. The lowest BCUT2D eigenvalue weighted by atomic mass is 10.1. The zero-order valence-corrected chi connectivity index (χ0v) is 11.2. The molecule has 0 saturated carbocycles. The molecule has 1 aromatic rings. The number of aromatic nitrogens is 1. The average molecular weight is 285 g/mol. The van der Waals surface area contributed by atoms with E-state index < -0.39 is 20.9 Å². The van der Waals surface area contributed by atoms with Gasteiger partial charge in [0, 0.05) is 31.4 Å². The smallest absolute Gasteiger partial charge is 0.263 e. The third kappa shape index (κ3) is 2.37. The van der Waals surface area contributed by atoms with E-state index in [9.17, 15) is 12.8 Å². The third-order valence-electron chi connectivity index (χ3n) is 3.79. The minimum absolute atomic E-state index is 0.175. The first-order valence-corrected chi connectivity index (χ1v) is 7.88. The number of sulfonamides is 1. The quantitative estimate of drug-likeness (QED) is 0.870. The van der Waals surface area contributed by atoms with Gasteiger partial charge in [0.05, 0.1) is 0 Å². The number of hydrogen-bond acceptors (Lipinski definition) is 4. The van der Waals surface area contributed by atoms with Crippen molar-refractivity contribution in [2.24, 2.45) is 0 Å². The molecule has 2 atom stereocenters. The molecule has 2 unspecified atom stereocenters. The predicted molar refractivity (Wildman–Crippen MR) is 67.5 cm³/mol. The van der Waals surface area contributed by atoms with Crippen molar-refractivity contribution < 1.29 is 12.8 Å². The molecule has 2 bridgehead atoms. The molecule has 0 spiro atoms. The second-order valence-corrected chi connectivity index (χ2v) is 6.93. The monoisotopic (exact) mass is 285 g/mol. The first-order valence-electron chi connectivity index (χ1n) is 6.44. The number of fused-ring (bicyclic) bond motifs is 2. The van der Waals surface area contributed by atoms with Gasteiger partial charge in [0.1, 0.15) is 0 Å². The van der Waals surface area contributed by atoms with Crippen LogP contribution in [0.25, 0.3) is 0 Å². The first-order chi connectivity index (χ1) is 9.07. The van der Waals surface area contributed by atoms with E-state index in [1.807, 2.05) is 0 Å². The van der Waals surface area contributed by atoms with Crippen LogP contribution >= 0.6 is 0 Å². The zero-order chi connectivity index (χ0) is 13.5. The van der Waals surface area contributed by atoms with Crippen molar-refractivity contribution in [3.05, 3.63) is 24.1 Å². The highest BCUT2D eigenvalue weighted by molar-refractivity contribution is 7.89. The fourth-order valence-corrected chi connectivity index (χ4v) is 4.29. The van der Waals surface area contributed by atoms with Gasteiger partial charge in [-0.3, -0.25) is 0 Å². The summed E-state index contributed by atoms with van der Waals surface area (Å²) < 4.78 is 39.9. The van der Waals surface area contributed by atoms with Gasteiger partial charge >= 0.3 is 0 Å². The van der Waals surface area contributed by atoms with Gasteiger partial charge in [-0.1, -0.05) is 0 Å². The number of hydrogen-bond donors (Lipinski definition) is 1. The van der Waals surface area contributed by atoms with Crippen LogP contribution in [0.4, 0.5) is 4.39 Å². The summed E-state index contributed by atoms with van der Waals surface area (Å²) in [4.78, 5) is 3.69. The summed E-state index contributed by atoms with van der Waals surface area (Å²) in [7, 11) is -3.83. The van der Waals surface area contributed by atoms with Crippen LogP contribution in [0.3, 0.4) is 0 Å². The summed E-state index contributed by atoms with van der Waals surface area (Å²) >= 11 is 0. The predicted octanol–water partition coefficient (Wildman–Crippen LogP) is 0.736. The fraction of sp³-hybridized carbons (Fsp3) is 0.583. The topological polar surface area (TPSA) is 62.3 Å². The highest BCUT2D eigenvalue weighted by atomic mass is 32.2. The number of nitrogens with one attached hydrogen (secondary N) is 1. The molecule has 5 nitrogen and oxygen atoms in total. The normalized spacial score (nSPS) is 28.3. The van der Waals surface area contributed by atoms with E-state index in [2.05, 4.69) is 10.3 Å². The van der Waals surface area contributed by atoms with Crippen molar-refractivity contribution in [1.29, 1.82) is 0 Å². The van der Waals surface area contributed by atoms with Crippen molar-refractivity contribution >= 4 is 10.0 Å². The van der Waals surface area contributed by atoms with Crippen LogP contribution in [0.2, 0.25) is 0 Å². The van der Waals surface area contributed by atoms with E-state index in [0.717, 1.165) is 25.3 Å². The second kappa shape index (κ2) is 4.81. The molecule has 7 heteroatoms. The molecule has 2 aliphatic heterocycles. The van der Waals surface area contributed by atoms with Crippen LogP contribution in [-0.2, 0) is 10.0 Å². The Morgan fingerprint density at radius 1 is 1.32 bits per heavy atom. The molecule has 0 aliphatic carbocycles. The van der Waals surface area contributed by atoms with Gasteiger partial charge in [-0.2, -0.15) is 4.31 Å².